The molecule has 2 aromatic rings. The molecular formula is C20H23F3N6O2. The predicted molar refractivity (Wildman–Crippen MR) is 106 cm³/mol. The summed E-state index contributed by atoms with van der Waals surface area (Å²) in [6.07, 6.45) is 0.249. The van der Waals surface area contributed by atoms with Crippen LogP contribution in [0.5, 0.6) is 5.75 Å². The van der Waals surface area contributed by atoms with E-state index >= 15 is 0 Å². The highest BCUT2D eigenvalue weighted by molar-refractivity contribution is 6.03. The van der Waals surface area contributed by atoms with Crippen LogP contribution in [-0.4, -0.2) is 45.0 Å². The molecule has 4 rings (SSSR count). The molecule has 166 valence electrons. The summed E-state index contributed by atoms with van der Waals surface area (Å²) in [5, 5.41) is 2.91. The van der Waals surface area contributed by atoms with E-state index in [2.05, 4.69) is 25.3 Å². The van der Waals surface area contributed by atoms with Crippen LogP contribution in [0.2, 0.25) is 0 Å². The summed E-state index contributed by atoms with van der Waals surface area (Å²) in [7, 11) is 1.86. The molecule has 0 bridgehead atoms. The Morgan fingerprint density at radius 3 is 2.52 bits per heavy atom. The number of amides is 1. The smallest absolute Gasteiger partial charge is 0.451 e. The van der Waals surface area contributed by atoms with Gasteiger partial charge >= 0.3 is 6.18 Å². The molecule has 0 radical (unpaired) electrons. The van der Waals surface area contributed by atoms with Crippen molar-refractivity contribution < 1.29 is 22.7 Å². The van der Waals surface area contributed by atoms with E-state index in [1.165, 1.54) is 0 Å². The lowest BCUT2D eigenvalue weighted by Gasteiger charge is -2.36. The molecule has 2 aromatic heterocycles. The maximum Gasteiger partial charge on any atom is 0.451 e. The van der Waals surface area contributed by atoms with Crippen molar-refractivity contribution in [3.63, 3.8) is 0 Å². The van der Waals surface area contributed by atoms with Gasteiger partial charge in [0.05, 0.1) is 24.2 Å². The highest BCUT2D eigenvalue weighted by Gasteiger charge is 2.36. The number of alkyl halides is 3. The van der Waals surface area contributed by atoms with Crippen LogP contribution in [0.25, 0.3) is 0 Å². The van der Waals surface area contributed by atoms with E-state index in [4.69, 9.17) is 4.74 Å². The van der Waals surface area contributed by atoms with Crippen LogP contribution in [-0.2, 0) is 17.4 Å². The molecule has 1 saturated carbocycles. The first-order chi connectivity index (χ1) is 14.7. The van der Waals surface area contributed by atoms with Crippen molar-refractivity contribution in [3.05, 3.63) is 29.7 Å². The number of aromatic nitrogens is 4. The average molecular weight is 436 g/mol. The number of anilines is 2. The maximum absolute atomic E-state index is 12.5. The molecule has 1 fully saturated rings. The number of nitrogens with one attached hydrogen (secondary N) is 1. The Balaban J connectivity index is 1.36. The lowest BCUT2D eigenvalue weighted by molar-refractivity contribution is -0.145. The second-order valence-corrected chi connectivity index (χ2v) is 7.97. The molecular weight excluding hydrogens is 413 g/mol. The number of nitrogens with zero attached hydrogens (tertiary/aromatic N) is 5. The van der Waals surface area contributed by atoms with Crippen molar-refractivity contribution in [3.8, 4) is 5.75 Å². The van der Waals surface area contributed by atoms with Gasteiger partial charge in [0, 0.05) is 13.5 Å². The summed E-state index contributed by atoms with van der Waals surface area (Å²) in [6, 6.07) is -0.262. The number of likely N-dealkylation sites (N-methyl/N-ethyl adjacent to an activating group) is 1. The van der Waals surface area contributed by atoms with Gasteiger partial charge in [-0.05, 0) is 32.1 Å². The third-order valence-electron chi connectivity index (χ3n) is 5.70. The molecule has 0 spiro atoms. The zero-order chi connectivity index (χ0) is 22.3. The van der Waals surface area contributed by atoms with Crippen LogP contribution in [0.3, 0.4) is 0 Å². The predicted octanol–water partition coefficient (Wildman–Crippen LogP) is 3.16. The number of carbonyl (C=O) groups is 1. The first-order valence-corrected chi connectivity index (χ1v) is 10.1. The SMILES string of the molecule is CC[C@H]1C(=O)Nc2c(C)nc(CC3CC(Oc4cnc(C(F)(F)F)nc4)C3)nc2N1C. The first kappa shape index (κ1) is 21.3. The molecule has 3 heterocycles. The van der Waals surface area contributed by atoms with Gasteiger partial charge in [0.15, 0.2) is 11.6 Å². The second-order valence-electron chi connectivity index (χ2n) is 7.97. The second kappa shape index (κ2) is 7.93. The van der Waals surface area contributed by atoms with E-state index in [0.717, 1.165) is 36.7 Å². The first-order valence-electron chi connectivity index (χ1n) is 10.1. The van der Waals surface area contributed by atoms with Gasteiger partial charge < -0.3 is 15.0 Å². The van der Waals surface area contributed by atoms with E-state index in [1.807, 2.05) is 25.8 Å². The Hall–Kier alpha value is -2.98. The fourth-order valence-corrected chi connectivity index (χ4v) is 4.01. The zero-order valence-electron chi connectivity index (χ0n) is 17.4. The van der Waals surface area contributed by atoms with Crippen LogP contribution in [0, 0.1) is 12.8 Å². The summed E-state index contributed by atoms with van der Waals surface area (Å²) in [5.41, 5.74) is 1.38. The average Bonchev–Trinajstić information content (AvgIpc) is 2.67. The van der Waals surface area contributed by atoms with E-state index in [1.54, 1.807) is 0 Å². The fourth-order valence-electron chi connectivity index (χ4n) is 4.01. The van der Waals surface area contributed by atoms with Crippen LogP contribution < -0.4 is 15.0 Å². The molecule has 1 aliphatic heterocycles. The Labute approximate surface area is 177 Å². The Bertz CT molecular complexity index is 976. The summed E-state index contributed by atoms with van der Waals surface area (Å²) in [5.74, 6) is 0.725. The number of rotatable bonds is 5. The summed E-state index contributed by atoms with van der Waals surface area (Å²) < 4.78 is 43.3. The molecule has 1 atom stereocenters. The largest absolute Gasteiger partial charge is 0.487 e. The zero-order valence-corrected chi connectivity index (χ0v) is 17.4. The van der Waals surface area contributed by atoms with Gasteiger partial charge in [0.25, 0.3) is 0 Å². The lowest BCUT2D eigenvalue weighted by Crippen LogP contribution is -2.46. The van der Waals surface area contributed by atoms with Crippen molar-refractivity contribution in [1.82, 2.24) is 19.9 Å². The highest BCUT2D eigenvalue weighted by Crippen LogP contribution is 2.36. The van der Waals surface area contributed by atoms with Crippen molar-refractivity contribution in [2.24, 2.45) is 5.92 Å². The van der Waals surface area contributed by atoms with Gasteiger partial charge in [-0.25, -0.2) is 19.9 Å². The highest BCUT2D eigenvalue weighted by atomic mass is 19.4. The third-order valence-corrected chi connectivity index (χ3v) is 5.70. The van der Waals surface area contributed by atoms with Gasteiger partial charge in [0.2, 0.25) is 11.7 Å². The minimum absolute atomic E-state index is 0.0526. The summed E-state index contributed by atoms with van der Waals surface area (Å²) in [4.78, 5) is 30.0. The van der Waals surface area contributed by atoms with Crippen molar-refractivity contribution in [1.29, 1.82) is 0 Å². The topological polar surface area (TPSA) is 93.1 Å². The van der Waals surface area contributed by atoms with Gasteiger partial charge in [-0.15, -0.1) is 0 Å². The molecule has 0 unspecified atom stereocenters. The molecule has 1 N–H and O–H groups in total. The van der Waals surface area contributed by atoms with E-state index in [0.29, 0.717) is 30.3 Å². The molecule has 31 heavy (non-hydrogen) atoms. The molecule has 11 heteroatoms. The van der Waals surface area contributed by atoms with Crippen LogP contribution in [0.4, 0.5) is 24.7 Å². The molecule has 0 aromatic carbocycles. The van der Waals surface area contributed by atoms with E-state index in [-0.39, 0.29) is 23.8 Å². The van der Waals surface area contributed by atoms with Crippen molar-refractivity contribution in [2.45, 2.75) is 57.9 Å². The van der Waals surface area contributed by atoms with E-state index in [9.17, 15) is 18.0 Å². The monoisotopic (exact) mass is 436 g/mol. The number of halogens is 3. The van der Waals surface area contributed by atoms with Crippen LogP contribution in [0.1, 0.15) is 43.5 Å². The van der Waals surface area contributed by atoms with Gasteiger partial charge in [-0.1, -0.05) is 6.92 Å². The van der Waals surface area contributed by atoms with E-state index < -0.39 is 12.0 Å². The number of hydrogen-bond acceptors (Lipinski definition) is 7. The minimum Gasteiger partial charge on any atom is -0.487 e. The molecule has 8 nitrogen and oxygen atoms in total. The summed E-state index contributed by atoms with van der Waals surface area (Å²) in [6.45, 7) is 3.80. The summed E-state index contributed by atoms with van der Waals surface area (Å²) >= 11 is 0. The van der Waals surface area contributed by atoms with Crippen molar-refractivity contribution >= 4 is 17.4 Å². The molecule has 2 aliphatic rings. The van der Waals surface area contributed by atoms with Crippen molar-refractivity contribution in [2.75, 3.05) is 17.3 Å². The molecule has 0 saturated heterocycles. The van der Waals surface area contributed by atoms with Gasteiger partial charge in [0.1, 0.15) is 17.6 Å². The number of carbonyl (C=O) groups excluding carboxylic acids is 1. The Morgan fingerprint density at radius 2 is 1.90 bits per heavy atom. The Morgan fingerprint density at radius 1 is 1.23 bits per heavy atom. The van der Waals surface area contributed by atoms with Gasteiger partial charge in [-0.3, -0.25) is 4.79 Å². The Kier molecular flexibility index (Phi) is 5.44. The van der Waals surface area contributed by atoms with Crippen LogP contribution >= 0.6 is 0 Å². The lowest BCUT2D eigenvalue weighted by atomic mass is 9.80. The molecule has 1 aliphatic carbocycles. The minimum atomic E-state index is -4.57. The quantitative estimate of drug-likeness (QED) is 0.770. The fraction of sp³-hybridized carbons (Fsp3) is 0.550. The number of ether oxygens (including phenoxy) is 1. The number of aryl methyl sites for hydroxylation is 1. The molecule has 1 amide bonds. The van der Waals surface area contributed by atoms with Crippen LogP contribution in [0.15, 0.2) is 12.4 Å². The number of hydrogen-bond donors (Lipinski definition) is 1. The maximum atomic E-state index is 12.5. The normalized spacial score (nSPS) is 23.1. The van der Waals surface area contributed by atoms with Gasteiger partial charge in [-0.2, -0.15) is 13.2 Å². The number of fused-ring (bicyclic) bond motifs is 1. The third kappa shape index (κ3) is 4.26. The standard InChI is InChI=1S/C20H23F3N6O2/c1-4-14-18(30)28-16-10(2)26-15(27-17(16)29(14)3)7-11-5-12(6-11)31-13-8-24-19(25-9-13)20(21,22)23/h8-9,11-12,14H,4-7H2,1-3H3,(H,28,30)/t11?,12?,14-/m0/s1.